The van der Waals surface area contributed by atoms with Gasteiger partial charge in [-0.05, 0) is 17.7 Å². The second kappa shape index (κ2) is 4.30. The first-order chi connectivity index (χ1) is 10.2. The fourth-order valence-corrected chi connectivity index (χ4v) is 3.21. The number of ketones is 1. The van der Waals surface area contributed by atoms with Crippen LogP contribution < -0.4 is 4.74 Å². The van der Waals surface area contributed by atoms with Gasteiger partial charge in [-0.1, -0.05) is 41.9 Å². The Hall–Kier alpha value is -2.39. The summed E-state index contributed by atoms with van der Waals surface area (Å²) < 4.78 is 5.33. The van der Waals surface area contributed by atoms with Crippen molar-refractivity contribution in [1.82, 2.24) is 4.98 Å². The quantitative estimate of drug-likeness (QED) is 0.496. The van der Waals surface area contributed by atoms with E-state index in [-0.39, 0.29) is 10.9 Å². The Bertz CT molecular complexity index is 918. The van der Waals surface area contributed by atoms with Gasteiger partial charge in [-0.3, -0.25) is 4.79 Å². The van der Waals surface area contributed by atoms with Crippen molar-refractivity contribution in [2.45, 2.75) is 0 Å². The Kier molecular flexibility index (Phi) is 2.53. The van der Waals surface area contributed by atoms with Crippen molar-refractivity contribution in [3.8, 4) is 16.9 Å². The average Bonchev–Trinajstić information content (AvgIpc) is 2.82. The molecule has 2 aromatic carbocycles. The summed E-state index contributed by atoms with van der Waals surface area (Å²) in [6.07, 6.45) is 0. The predicted molar refractivity (Wildman–Crippen MR) is 82.2 cm³/mol. The maximum atomic E-state index is 12.7. The molecule has 1 aromatic heterocycles. The third kappa shape index (κ3) is 1.55. The van der Waals surface area contributed by atoms with Crippen LogP contribution in [0.3, 0.4) is 0 Å². The van der Waals surface area contributed by atoms with Gasteiger partial charge in [0.05, 0.1) is 23.8 Å². The Morgan fingerprint density at radius 2 is 1.81 bits per heavy atom. The molecule has 0 spiro atoms. The lowest BCUT2D eigenvalue weighted by molar-refractivity contribution is 0.104. The van der Waals surface area contributed by atoms with Crippen molar-refractivity contribution in [1.29, 1.82) is 0 Å². The lowest BCUT2D eigenvalue weighted by Gasteiger charge is -2.07. The first-order valence-corrected chi connectivity index (χ1v) is 6.90. The maximum Gasteiger partial charge on any atom is 0.201 e. The molecule has 1 aliphatic carbocycles. The summed E-state index contributed by atoms with van der Waals surface area (Å²) in [5.74, 6) is 0.439. The molecule has 102 valence electrons. The number of halogens is 1. The molecule has 0 atom stereocenters. The van der Waals surface area contributed by atoms with Gasteiger partial charge in [0.2, 0.25) is 5.78 Å². The number of carbonyl (C=O) groups is 1. The van der Waals surface area contributed by atoms with Gasteiger partial charge in [-0.25, -0.2) is 4.98 Å². The topological polar surface area (TPSA) is 39.2 Å². The lowest BCUT2D eigenvalue weighted by atomic mass is 10.0. The highest BCUT2D eigenvalue weighted by Gasteiger charge is 2.34. The van der Waals surface area contributed by atoms with Crippen molar-refractivity contribution in [3.63, 3.8) is 0 Å². The van der Waals surface area contributed by atoms with Crippen LogP contribution in [0.4, 0.5) is 0 Å². The first-order valence-electron chi connectivity index (χ1n) is 6.52. The normalized spacial score (nSPS) is 12.4. The summed E-state index contributed by atoms with van der Waals surface area (Å²) in [7, 11) is 1.56. The van der Waals surface area contributed by atoms with Crippen molar-refractivity contribution in [2.75, 3.05) is 7.11 Å². The second-order valence-electron chi connectivity index (χ2n) is 4.88. The van der Waals surface area contributed by atoms with E-state index in [0.717, 1.165) is 22.0 Å². The zero-order valence-corrected chi connectivity index (χ0v) is 11.9. The highest BCUT2D eigenvalue weighted by atomic mass is 35.5. The van der Waals surface area contributed by atoms with Gasteiger partial charge in [0.15, 0.2) is 0 Å². The minimum absolute atomic E-state index is 0.124. The minimum Gasteiger partial charge on any atom is -0.496 e. The SMILES string of the molecule is COc1cccc2c1C(=O)c1c(Cl)nc3ccccc3c1-2. The molecule has 0 amide bonds. The molecule has 1 aliphatic rings. The van der Waals surface area contributed by atoms with Crippen LogP contribution in [0, 0.1) is 0 Å². The average molecular weight is 296 g/mol. The van der Waals surface area contributed by atoms with Crippen LogP contribution >= 0.6 is 11.6 Å². The zero-order valence-electron chi connectivity index (χ0n) is 11.2. The Labute approximate surface area is 126 Å². The zero-order chi connectivity index (χ0) is 14.6. The van der Waals surface area contributed by atoms with E-state index < -0.39 is 0 Å². The molecule has 0 N–H and O–H groups in total. The third-order valence-electron chi connectivity index (χ3n) is 3.82. The van der Waals surface area contributed by atoms with Gasteiger partial charge in [0, 0.05) is 10.9 Å². The van der Waals surface area contributed by atoms with Crippen molar-refractivity contribution >= 4 is 28.3 Å². The first kappa shape index (κ1) is 12.4. The van der Waals surface area contributed by atoms with Gasteiger partial charge < -0.3 is 4.74 Å². The number of para-hydroxylation sites is 1. The van der Waals surface area contributed by atoms with Gasteiger partial charge in [-0.15, -0.1) is 0 Å². The summed E-state index contributed by atoms with van der Waals surface area (Å²) in [5.41, 5.74) is 3.52. The van der Waals surface area contributed by atoms with Crippen molar-refractivity contribution in [3.05, 3.63) is 58.7 Å². The van der Waals surface area contributed by atoms with E-state index in [1.807, 2.05) is 36.4 Å². The number of hydrogen-bond acceptors (Lipinski definition) is 3. The fraction of sp³-hybridized carbons (Fsp3) is 0.0588. The van der Waals surface area contributed by atoms with Crippen molar-refractivity contribution in [2.24, 2.45) is 0 Å². The largest absolute Gasteiger partial charge is 0.496 e. The van der Waals surface area contributed by atoms with Gasteiger partial charge in [-0.2, -0.15) is 0 Å². The van der Waals surface area contributed by atoms with Gasteiger partial charge in [0.1, 0.15) is 10.9 Å². The highest BCUT2D eigenvalue weighted by molar-refractivity contribution is 6.39. The van der Waals surface area contributed by atoms with E-state index in [1.165, 1.54) is 0 Å². The Balaban J connectivity index is 2.21. The van der Waals surface area contributed by atoms with E-state index in [9.17, 15) is 4.79 Å². The summed E-state index contributed by atoms with van der Waals surface area (Å²) in [5, 5.41) is 1.17. The smallest absolute Gasteiger partial charge is 0.201 e. The van der Waals surface area contributed by atoms with Gasteiger partial charge >= 0.3 is 0 Å². The van der Waals surface area contributed by atoms with Crippen LogP contribution in [0.25, 0.3) is 22.0 Å². The molecule has 0 radical (unpaired) electrons. The Morgan fingerprint density at radius 1 is 1.00 bits per heavy atom. The predicted octanol–water partition coefficient (Wildman–Crippen LogP) is 4.11. The maximum absolute atomic E-state index is 12.7. The molecule has 0 saturated carbocycles. The number of hydrogen-bond donors (Lipinski definition) is 0. The number of nitrogens with zero attached hydrogens (tertiary/aromatic N) is 1. The standard InChI is InChI=1S/C17H10ClNO2/c1-21-12-8-4-6-10-13-9-5-2-3-7-11(9)19-17(18)15(13)16(20)14(10)12/h2-8H,1H3. The molecule has 0 fully saturated rings. The summed E-state index contributed by atoms with van der Waals surface area (Å²) in [6.45, 7) is 0. The molecule has 4 rings (SSSR count). The third-order valence-corrected chi connectivity index (χ3v) is 4.09. The molecule has 21 heavy (non-hydrogen) atoms. The number of ether oxygens (including phenoxy) is 1. The molecule has 4 heteroatoms. The summed E-state index contributed by atoms with van der Waals surface area (Å²) >= 11 is 6.26. The number of methoxy groups -OCH3 is 1. The summed E-state index contributed by atoms with van der Waals surface area (Å²) in [6, 6.07) is 13.3. The number of fused-ring (bicyclic) bond motifs is 5. The number of rotatable bonds is 1. The number of benzene rings is 2. The van der Waals surface area contributed by atoms with E-state index in [0.29, 0.717) is 16.9 Å². The van der Waals surface area contributed by atoms with E-state index in [2.05, 4.69) is 4.98 Å². The second-order valence-corrected chi connectivity index (χ2v) is 5.24. The van der Waals surface area contributed by atoms with Gasteiger partial charge in [0.25, 0.3) is 0 Å². The monoisotopic (exact) mass is 295 g/mol. The molecule has 1 heterocycles. The van der Waals surface area contributed by atoms with Crippen LogP contribution in [-0.2, 0) is 0 Å². The van der Waals surface area contributed by atoms with Crippen LogP contribution in [0.2, 0.25) is 5.15 Å². The molecule has 3 nitrogen and oxygen atoms in total. The lowest BCUT2D eigenvalue weighted by Crippen LogP contribution is -2.00. The fourth-order valence-electron chi connectivity index (χ4n) is 2.94. The molecule has 0 bridgehead atoms. The minimum atomic E-state index is -0.124. The number of carbonyl (C=O) groups excluding carboxylic acids is 1. The van der Waals surface area contributed by atoms with E-state index >= 15 is 0 Å². The molecular weight excluding hydrogens is 286 g/mol. The molecule has 0 unspecified atom stereocenters. The Morgan fingerprint density at radius 3 is 2.62 bits per heavy atom. The molecule has 0 aliphatic heterocycles. The molecular formula is C17H10ClNO2. The molecule has 0 saturated heterocycles. The van der Waals surface area contributed by atoms with E-state index in [4.69, 9.17) is 16.3 Å². The van der Waals surface area contributed by atoms with Crippen LogP contribution in [0.15, 0.2) is 42.5 Å². The highest BCUT2D eigenvalue weighted by Crippen LogP contribution is 2.46. The number of aromatic nitrogens is 1. The van der Waals surface area contributed by atoms with Crippen LogP contribution in [-0.4, -0.2) is 17.9 Å². The number of pyridine rings is 1. The summed E-state index contributed by atoms with van der Waals surface area (Å²) in [4.78, 5) is 17.1. The van der Waals surface area contributed by atoms with Crippen molar-refractivity contribution < 1.29 is 9.53 Å². The van der Waals surface area contributed by atoms with E-state index in [1.54, 1.807) is 13.2 Å². The van der Waals surface area contributed by atoms with Crippen LogP contribution in [0.5, 0.6) is 5.75 Å². The molecule has 3 aromatic rings. The van der Waals surface area contributed by atoms with Crippen LogP contribution in [0.1, 0.15) is 15.9 Å².